The van der Waals surface area contributed by atoms with Gasteiger partial charge >= 0.3 is 0 Å². The normalized spacial score (nSPS) is 15.1. The van der Waals surface area contributed by atoms with Crippen LogP contribution in [-0.2, 0) is 25.6 Å². The van der Waals surface area contributed by atoms with Crippen molar-refractivity contribution >= 4 is 56.5 Å². The number of fused-ring (bicyclic) bond motifs is 1. The molecule has 1 saturated carbocycles. The fourth-order valence-corrected chi connectivity index (χ4v) is 8.41. The Balaban J connectivity index is 1.36. The zero-order chi connectivity index (χ0) is 36.2. The van der Waals surface area contributed by atoms with E-state index in [0.717, 1.165) is 58.5 Å². The average molecular weight is 729 g/mol. The van der Waals surface area contributed by atoms with Gasteiger partial charge in [0.2, 0.25) is 11.8 Å². The molecule has 1 aliphatic rings. The molecule has 8 nitrogen and oxygen atoms in total. The number of benzene rings is 3. The van der Waals surface area contributed by atoms with E-state index in [1.54, 1.807) is 13.0 Å². The fraction of sp³-hybridized carbons (Fsp3) is 0.439. The number of nitrogens with one attached hydrogen (secondary N) is 2. The minimum absolute atomic E-state index is 0.00529. The number of unbranched alkanes of at least 4 members (excludes halogenated alkanes) is 1. The van der Waals surface area contributed by atoms with Crippen molar-refractivity contribution in [3.63, 3.8) is 0 Å². The molecule has 10 heteroatoms. The summed E-state index contributed by atoms with van der Waals surface area (Å²) in [5.41, 5.74) is 8.51. The number of nitrogens with two attached hydrogens (primary N) is 1. The molecular weight excluding hydrogens is 680 g/mol. The lowest BCUT2D eigenvalue weighted by Gasteiger charge is -2.28. The Labute approximate surface area is 309 Å². The van der Waals surface area contributed by atoms with E-state index in [2.05, 4.69) is 10.6 Å². The molecule has 2 amide bonds. The van der Waals surface area contributed by atoms with Gasteiger partial charge in [-0.05, 0) is 67.5 Å². The van der Waals surface area contributed by atoms with E-state index >= 15 is 0 Å². The van der Waals surface area contributed by atoms with E-state index in [4.69, 9.17) is 22.3 Å². The maximum atomic E-state index is 14.3. The van der Waals surface area contributed by atoms with E-state index in [-0.39, 0.29) is 54.6 Å². The third-order valence-corrected chi connectivity index (χ3v) is 11.2. The molecule has 3 atom stereocenters. The van der Waals surface area contributed by atoms with E-state index in [1.807, 2.05) is 72.8 Å². The number of hydrogen-bond donors (Lipinski definition) is 3. The molecule has 1 heterocycles. The molecule has 270 valence electrons. The highest BCUT2D eigenvalue weighted by molar-refractivity contribution is 7.18. The quantitative estimate of drug-likeness (QED) is 0.0846. The summed E-state index contributed by atoms with van der Waals surface area (Å²) in [7, 11) is 0. The highest BCUT2D eigenvalue weighted by Gasteiger charge is 2.36. The Morgan fingerprint density at radius 2 is 1.51 bits per heavy atom. The summed E-state index contributed by atoms with van der Waals surface area (Å²) in [4.78, 5) is 60.0. The van der Waals surface area contributed by atoms with Crippen molar-refractivity contribution in [2.24, 2.45) is 23.5 Å². The highest BCUT2D eigenvalue weighted by Crippen LogP contribution is 2.32. The number of halogens is 1. The minimum atomic E-state index is -0.739. The molecule has 0 saturated heterocycles. The van der Waals surface area contributed by atoms with Gasteiger partial charge in [-0.15, -0.1) is 11.3 Å². The van der Waals surface area contributed by atoms with Crippen LogP contribution in [0.15, 0.2) is 78.9 Å². The molecule has 1 fully saturated rings. The zero-order valence-electron chi connectivity index (χ0n) is 29.3. The second-order valence-corrected chi connectivity index (χ2v) is 15.2. The molecule has 3 aromatic carbocycles. The molecule has 4 aromatic rings. The molecule has 4 N–H and O–H groups in total. The molecule has 0 spiro atoms. The van der Waals surface area contributed by atoms with Crippen molar-refractivity contribution in [2.45, 2.75) is 89.6 Å². The van der Waals surface area contributed by atoms with Gasteiger partial charge < -0.3 is 16.4 Å². The number of carbonyl (C=O) groups excluding carboxylic acids is 4. The largest absolute Gasteiger partial charge is 0.346 e. The van der Waals surface area contributed by atoms with E-state index < -0.39 is 17.9 Å². The van der Waals surface area contributed by atoms with Crippen LogP contribution in [0.2, 0.25) is 5.02 Å². The molecular formula is C41H49ClN4O4S. The Hall–Kier alpha value is -3.92. The van der Waals surface area contributed by atoms with Crippen LogP contribution in [0, 0.1) is 17.8 Å². The number of amides is 2. The van der Waals surface area contributed by atoms with Crippen LogP contribution in [0.1, 0.15) is 93.3 Å². The van der Waals surface area contributed by atoms with Crippen LogP contribution >= 0.6 is 22.9 Å². The molecule has 0 radical (unpaired) electrons. The van der Waals surface area contributed by atoms with Crippen molar-refractivity contribution in [3.05, 3.63) is 100 Å². The number of aromatic nitrogens is 1. The Morgan fingerprint density at radius 1 is 0.863 bits per heavy atom. The molecule has 0 unspecified atom stereocenters. The summed E-state index contributed by atoms with van der Waals surface area (Å²) in [6.45, 7) is 2.29. The predicted octanol–water partition coefficient (Wildman–Crippen LogP) is 7.76. The number of nitrogens with zero attached hydrogens (tertiary/aromatic N) is 1. The average Bonchev–Trinajstić information content (AvgIpc) is 3.82. The molecule has 0 bridgehead atoms. The highest BCUT2D eigenvalue weighted by atomic mass is 35.5. The summed E-state index contributed by atoms with van der Waals surface area (Å²) < 4.78 is 0.915. The first-order chi connectivity index (χ1) is 24.7. The third kappa shape index (κ3) is 10.8. The molecule has 5 rings (SSSR count). The number of hydrogen-bond acceptors (Lipinski definition) is 7. The Kier molecular flexibility index (Phi) is 14.3. The number of ketones is 2. The summed E-state index contributed by atoms with van der Waals surface area (Å²) in [5, 5.41) is 7.72. The Bertz CT molecular complexity index is 1720. The standard InChI is InChI=1S/C41H49ClN4O4S/c1-2-33(47)23-31(25-37-44-34-21-20-32(42)26-36(34)51-37)41(50)46-39(29-17-9-10-18-29)35(48)24-30(19-11-12-22-43)40(49)45-38(27-13-5-3-6-14-27)28-15-7-4-8-16-28/h3-8,13-16,20-21,26,29-31,38-39H,2,9-12,17-19,22-25,43H2,1H3,(H,45,49)(H,46,50)/t30-,31+,39+/m1/s1. The Morgan fingerprint density at radius 3 is 2.14 bits per heavy atom. The second kappa shape index (κ2) is 19.1. The maximum absolute atomic E-state index is 14.3. The third-order valence-electron chi connectivity index (χ3n) is 9.95. The topological polar surface area (TPSA) is 131 Å². The van der Waals surface area contributed by atoms with Gasteiger partial charge in [-0.2, -0.15) is 0 Å². The van der Waals surface area contributed by atoms with Crippen LogP contribution in [0.5, 0.6) is 0 Å². The van der Waals surface area contributed by atoms with Gasteiger partial charge in [0.1, 0.15) is 5.78 Å². The number of carbonyl (C=O) groups is 4. The van der Waals surface area contributed by atoms with Crippen LogP contribution in [0.3, 0.4) is 0 Å². The SMILES string of the molecule is CCC(=O)C[C@@H](Cc1nc2ccc(Cl)cc2s1)C(=O)N[C@H](C(=O)C[C@@H](CCCCN)C(=O)NC(c1ccccc1)c1ccccc1)C1CCCC1. The van der Waals surface area contributed by atoms with E-state index in [9.17, 15) is 19.2 Å². The van der Waals surface area contributed by atoms with Crippen LogP contribution in [0.4, 0.5) is 0 Å². The number of Topliss-reactive ketones (excluding diaryl/α,β-unsaturated/α-hetero) is 2. The lowest BCUT2D eigenvalue weighted by Crippen LogP contribution is -2.49. The minimum Gasteiger partial charge on any atom is -0.346 e. The first kappa shape index (κ1) is 38.3. The van der Waals surface area contributed by atoms with Gasteiger partial charge in [0.15, 0.2) is 5.78 Å². The summed E-state index contributed by atoms with van der Waals surface area (Å²) in [6, 6.07) is 24.0. The summed E-state index contributed by atoms with van der Waals surface area (Å²) >= 11 is 7.66. The molecule has 0 aliphatic heterocycles. The monoisotopic (exact) mass is 728 g/mol. The summed E-state index contributed by atoms with van der Waals surface area (Å²) in [5.74, 6) is -1.98. The predicted molar refractivity (Wildman–Crippen MR) is 205 cm³/mol. The van der Waals surface area contributed by atoms with E-state index in [1.165, 1.54) is 11.3 Å². The van der Waals surface area contributed by atoms with Crippen molar-refractivity contribution in [3.8, 4) is 0 Å². The van der Waals surface area contributed by atoms with Crippen LogP contribution in [0.25, 0.3) is 10.2 Å². The van der Waals surface area contributed by atoms with Gasteiger partial charge in [-0.3, -0.25) is 19.2 Å². The molecule has 1 aromatic heterocycles. The fourth-order valence-electron chi connectivity index (χ4n) is 7.09. The number of thiazole rings is 1. The first-order valence-electron chi connectivity index (χ1n) is 18.3. The van der Waals surface area contributed by atoms with Gasteiger partial charge in [-0.1, -0.05) is 98.5 Å². The van der Waals surface area contributed by atoms with Gasteiger partial charge in [0.05, 0.1) is 33.2 Å². The van der Waals surface area contributed by atoms with Crippen LogP contribution < -0.4 is 16.4 Å². The van der Waals surface area contributed by atoms with Gasteiger partial charge in [0, 0.05) is 36.6 Å². The summed E-state index contributed by atoms with van der Waals surface area (Å²) in [6.07, 6.45) is 6.22. The van der Waals surface area contributed by atoms with Crippen molar-refractivity contribution in [1.82, 2.24) is 15.6 Å². The zero-order valence-corrected chi connectivity index (χ0v) is 30.9. The number of rotatable bonds is 19. The van der Waals surface area contributed by atoms with E-state index in [0.29, 0.717) is 30.8 Å². The van der Waals surface area contributed by atoms with Crippen molar-refractivity contribution in [1.29, 1.82) is 0 Å². The van der Waals surface area contributed by atoms with Gasteiger partial charge in [0.25, 0.3) is 0 Å². The van der Waals surface area contributed by atoms with Crippen molar-refractivity contribution in [2.75, 3.05) is 6.54 Å². The first-order valence-corrected chi connectivity index (χ1v) is 19.4. The van der Waals surface area contributed by atoms with Gasteiger partial charge in [-0.25, -0.2) is 4.98 Å². The second-order valence-electron chi connectivity index (χ2n) is 13.7. The van der Waals surface area contributed by atoms with Crippen molar-refractivity contribution < 1.29 is 19.2 Å². The maximum Gasteiger partial charge on any atom is 0.224 e. The lowest BCUT2D eigenvalue weighted by molar-refractivity contribution is -0.135. The lowest BCUT2D eigenvalue weighted by atomic mass is 9.86. The molecule has 1 aliphatic carbocycles. The van der Waals surface area contributed by atoms with Crippen LogP contribution in [-0.4, -0.2) is 41.0 Å². The smallest absolute Gasteiger partial charge is 0.224 e. The molecule has 51 heavy (non-hydrogen) atoms.